The number of carbonyl (C=O) groups excluding carboxylic acids is 1. The van der Waals surface area contributed by atoms with Crippen LogP contribution >= 0.6 is 11.8 Å². The predicted octanol–water partition coefficient (Wildman–Crippen LogP) is 3.51. The van der Waals surface area contributed by atoms with Crippen molar-refractivity contribution in [3.8, 4) is 17.1 Å². The lowest BCUT2D eigenvalue weighted by atomic mass is 9.78. The molecule has 6 nitrogen and oxygen atoms in total. The highest BCUT2D eigenvalue weighted by molar-refractivity contribution is 7.99. The summed E-state index contributed by atoms with van der Waals surface area (Å²) in [5.41, 5.74) is 0.930. The number of rotatable bonds is 6. The zero-order valence-corrected chi connectivity index (χ0v) is 16.3. The van der Waals surface area contributed by atoms with Crippen molar-refractivity contribution < 1.29 is 9.53 Å². The number of carbonyl (C=O) groups is 1. The lowest BCUT2D eigenvalue weighted by molar-refractivity contribution is -0.120. The standard InChI is InChI=1S/C19H26N4O2S/c1-12-5-4-6-16(13(12)2)20-17(24)11-26-19-21-18(22-23-19)14-7-9-15(25-3)10-8-14/h7-10,12-13,16H,4-6,11H2,1-3H3,(H,20,24)(H,21,22,23)/t12-,13+,16-/m0/s1. The number of nitrogens with one attached hydrogen (secondary N) is 2. The molecule has 26 heavy (non-hydrogen) atoms. The van der Waals surface area contributed by atoms with E-state index < -0.39 is 0 Å². The molecule has 3 atom stereocenters. The molecule has 1 aliphatic rings. The molecular formula is C19H26N4O2S. The van der Waals surface area contributed by atoms with Gasteiger partial charge < -0.3 is 10.1 Å². The van der Waals surface area contributed by atoms with Crippen molar-refractivity contribution in [1.82, 2.24) is 20.5 Å². The van der Waals surface area contributed by atoms with Gasteiger partial charge in [0, 0.05) is 11.6 Å². The van der Waals surface area contributed by atoms with Crippen LogP contribution in [-0.2, 0) is 4.79 Å². The summed E-state index contributed by atoms with van der Waals surface area (Å²) in [5, 5.41) is 10.9. The van der Waals surface area contributed by atoms with E-state index in [1.807, 2.05) is 24.3 Å². The minimum atomic E-state index is 0.0525. The predicted molar refractivity (Wildman–Crippen MR) is 103 cm³/mol. The van der Waals surface area contributed by atoms with Crippen LogP contribution in [0.15, 0.2) is 29.4 Å². The van der Waals surface area contributed by atoms with E-state index in [1.54, 1.807) is 7.11 Å². The first-order valence-electron chi connectivity index (χ1n) is 9.06. The molecule has 140 valence electrons. The van der Waals surface area contributed by atoms with E-state index in [9.17, 15) is 4.79 Å². The molecule has 1 aliphatic carbocycles. The fourth-order valence-electron chi connectivity index (χ4n) is 3.35. The Hall–Kier alpha value is -2.02. The molecule has 2 N–H and O–H groups in total. The Morgan fingerprint density at radius 2 is 2.08 bits per heavy atom. The van der Waals surface area contributed by atoms with E-state index in [4.69, 9.17) is 4.74 Å². The number of methoxy groups -OCH3 is 1. The van der Waals surface area contributed by atoms with Gasteiger partial charge in [-0.15, -0.1) is 5.10 Å². The number of amides is 1. The second-order valence-electron chi connectivity index (χ2n) is 6.93. The van der Waals surface area contributed by atoms with Crippen molar-refractivity contribution in [2.75, 3.05) is 12.9 Å². The summed E-state index contributed by atoms with van der Waals surface area (Å²) in [4.78, 5) is 16.7. The highest BCUT2D eigenvalue weighted by Crippen LogP contribution is 2.29. The maximum absolute atomic E-state index is 12.3. The van der Waals surface area contributed by atoms with E-state index in [0.29, 0.717) is 28.6 Å². The number of hydrogen-bond donors (Lipinski definition) is 2. The Labute approximate surface area is 158 Å². The topological polar surface area (TPSA) is 79.9 Å². The van der Waals surface area contributed by atoms with Gasteiger partial charge in [-0.25, -0.2) is 4.98 Å². The molecule has 0 saturated heterocycles. The number of thioether (sulfide) groups is 1. The molecule has 1 aromatic heterocycles. The summed E-state index contributed by atoms with van der Waals surface area (Å²) >= 11 is 1.35. The van der Waals surface area contributed by atoms with Crippen LogP contribution in [0.1, 0.15) is 33.1 Å². The Morgan fingerprint density at radius 1 is 1.31 bits per heavy atom. The minimum Gasteiger partial charge on any atom is -0.497 e. The van der Waals surface area contributed by atoms with E-state index in [1.165, 1.54) is 24.6 Å². The normalized spacial score (nSPS) is 22.8. The fraction of sp³-hybridized carbons (Fsp3) is 0.526. The second kappa shape index (κ2) is 8.58. The van der Waals surface area contributed by atoms with Crippen molar-refractivity contribution in [3.05, 3.63) is 24.3 Å². The van der Waals surface area contributed by atoms with Gasteiger partial charge in [-0.1, -0.05) is 38.5 Å². The first-order valence-corrected chi connectivity index (χ1v) is 10.0. The molecule has 1 aromatic carbocycles. The van der Waals surface area contributed by atoms with Crippen LogP contribution in [0.3, 0.4) is 0 Å². The molecule has 0 unspecified atom stereocenters. The Balaban J connectivity index is 1.51. The van der Waals surface area contributed by atoms with Crippen LogP contribution in [0.4, 0.5) is 0 Å². The smallest absolute Gasteiger partial charge is 0.230 e. The Kier molecular flexibility index (Phi) is 6.19. The van der Waals surface area contributed by atoms with Gasteiger partial charge in [-0.05, 0) is 42.5 Å². The lowest BCUT2D eigenvalue weighted by Crippen LogP contribution is -2.44. The molecule has 0 aliphatic heterocycles. The molecule has 1 saturated carbocycles. The molecule has 1 amide bonds. The number of aromatic nitrogens is 3. The summed E-state index contributed by atoms with van der Waals surface area (Å²) in [6, 6.07) is 7.89. The molecule has 2 aromatic rings. The minimum absolute atomic E-state index is 0.0525. The summed E-state index contributed by atoms with van der Waals surface area (Å²) in [5.74, 6) is 3.06. The maximum atomic E-state index is 12.3. The monoisotopic (exact) mass is 374 g/mol. The van der Waals surface area contributed by atoms with Crippen molar-refractivity contribution in [3.63, 3.8) is 0 Å². The lowest BCUT2D eigenvalue weighted by Gasteiger charge is -2.34. The third-order valence-electron chi connectivity index (χ3n) is 5.21. The number of ether oxygens (including phenoxy) is 1. The number of hydrogen-bond acceptors (Lipinski definition) is 5. The van der Waals surface area contributed by atoms with Gasteiger partial charge in [0.1, 0.15) is 5.75 Å². The van der Waals surface area contributed by atoms with Crippen molar-refractivity contribution in [1.29, 1.82) is 0 Å². The summed E-state index contributed by atoms with van der Waals surface area (Å²) in [6.07, 6.45) is 3.52. The quantitative estimate of drug-likeness (QED) is 0.756. The highest BCUT2D eigenvalue weighted by Gasteiger charge is 2.28. The van der Waals surface area contributed by atoms with Crippen molar-refractivity contribution >= 4 is 17.7 Å². The number of benzene rings is 1. The van der Waals surface area contributed by atoms with Gasteiger partial charge in [0.2, 0.25) is 11.1 Å². The van der Waals surface area contributed by atoms with Crippen LogP contribution in [0.25, 0.3) is 11.4 Å². The van der Waals surface area contributed by atoms with Gasteiger partial charge in [0.15, 0.2) is 5.82 Å². The molecule has 3 rings (SSSR count). The summed E-state index contributed by atoms with van der Waals surface area (Å²) in [6.45, 7) is 4.50. The Bertz CT molecular complexity index is 731. The molecule has 1 heterocycles. The zero-order valence-electron chi connectivity index (χ0n) is 15.5. The zero-order chi connectivity index (χ0) is 18.5. The highest BCUT2D eigenvalue weighted by atomic mass is 32.2. The van der Waals surface area contributed by atoms with Crippen LogP contribution in [0.2, 0.25) is 0 Å². The van der Waals surface area contributed by atoms with Gasteiger partial charge in [0.05, 0.1) is 12.9 Å². The van der Waals surface area contributed by atoms with Crippen LogP contribution in [0.5, 0.6) is 5.75 Å². The van der Waals surface area contributed by atoms with Crippen LogP contribution in [0, 0.1) is 11.8 Å². The van der Waals surface area contributed by atoms with E-state index in [2.05, 4.69) is 34.3 Å². The average Bonchev–Trinajstić information content (AvgIpc) is 3.13. The third-order valence-corrected chi connectivity index (χ3v) is 6.06. The van der Waals surface area contributed by atoms with Crippen molar-refractivity contribution in [2.45, 2.75) is 44.3 Å². The van der Waals surface area contributed by atoms with Gasteiger partial charge >= 0.3 is 0 Å². The van der Waals surface area contributed by atoms with Crippen LogP contribution in [-0.4, -0.2) is 40.0 Å². The summed E-state index contributed by atoms with van der Waals surface area (Å²) < 4.78 is 5.16. The molecular weight excluding hydrogens is 348 g/mol. The second-order valence-corrected chi connectivity index (χ2v) is 7.87. The summed E-state index contributed by atoms with van der Waals surface area (Å²) in [7, 11) is 1.64. The number of H-pyrrole nitrogens is 1. The third kappa shape index (κ3) is 4.58. The number of nitrogens with zero attached hydrogens (tertiary/aromatic N) is 2. The first kappa shape index (κ1) is 18.8. The molecule has 0 bridgehead atoms. The Morgan fingerprint density at radius 3 is 2.81 bits per heavy atom. The molecule has 0 spiro atoms. The van der Waals surface area contributed by atoms with E-state index in [0.717, 1.165) is 17.7 Å². The SMILES string of the molecule is COc1ccc(-c2nc(SCC(=O)N[C@H]3CCC[C@H](C)[C@H]3C)n[nH]2)cc1. The molecule has 1 fully saturated rings. The largest absolute Gasteiger partial charge is 0.497 e. The average molecular weight is 375 g/mol. The van der Waals surface area contributed by atoms with Gasteiger partial charge in [-0.3, -0.25) is 9.89 Å². The van der Waals surface area contributed by atoms with Crippen LogP contribution < -0.4 is 10.1 Å². The van der Waals surface area contributed by atoms with Gasteiger partial charge in [0.25, 0.3) is 0 Å². The molecule has 0 radical (unpaired) electrons. The maximum Gasteiger partial charge on any atom is 0.230 e. The van der Waals surface area contributed by atoms with Gasteiger partial charge in [-0.2, -0.15) is 0 Å². The fourth-order valence-corrected chi connectivity index (χ4v) is 3.96. The van der Waals surface area contributed by atoms with Crippen molar-refractivity contribution in [2.24, 2.45) is 11.8 Å². The molecule has 7 heteroatoms. The first-order chi connectivity index (χ1) is 12.6. The number of aromatic amines is 1. The van der Waals surface area contributed by atoms with E-state index >= 15 is 0 Å². The van der Waals surface area contributed by atoms with E-state index in [-0.39, 0.29) is 11.9 Å².